The molecule has 0 N–H and O–H groups in total. The summed E-state index contributed by atoms with van der Waals surface area (Å²) in [6, 6.07) is 11.0. The third-order valence-corrected chi connectivity index (χ3v) is 3.82. The molecule has 1 aromatic heterocycles. The van der Waals surface area contributed by atoms with Crippen LogP contribution < -0.4 is 0 Å². The molecule has 0 aliphatic heterocycles. The quantitative estimate of drug-likeness (QED) is 0.583. The van der Waals surface area contributed by atoms with Crippen molar-refractivity contribution in [1.29, 1.82) is 0 Å². The van der Waals surface area contributed by atoms with Gasteiger partial charge in [0.15, 0.2) is 5.76 Å². The van der Waals surface area contributed by atoms with E-state index in [1.165, 1.54) is 12.1 Å². The third kappa shape index (κ3) is 4.36. The second-order valence-electron chi connectivity index (χ2n) is 4.59. The van der Waals surface area contributed by atoms with Crippen molar-refractivity contribution in [2.75, 3.05) is 6.54 Å². The second kappa shape index (κ2) is 7.05. The monoisotopic (exact) mass is 363 g/mol. The van der Waals surface area contributed by atoms with Crippen molar-refractivity contribution in [3.05, 3.63) is 60.1 Å². The zero-order valence-electron chi connectivity index (χ0n) is 12.1. The van der Waals surface area contributed by atoms with Crippen molar-refractivity contribution in [2.45, 2.75) is 11.9 Å². The molecule has 1 amide bonds. The molecule has 0 atom stereocenters. The third-order valence-electron chi connectivity index (χ3n) is 2.88. The zero-order valence-corrected chi connectivity index (χ0v) is 12.9. The number of carbonyl (C=O) groups excluding carboxylic acids is 1. The van der Waals surface area contributed by atoms with Crippen molar-refractivity contribution in [2.24, 2.45) is 0 Å². The predicted octanol–water partition coefficient (Wildman–Crippen LogP) is 2.75. The van der Waals surface area contributed by atoms with Crippen LogP contribution in [0.5, 0.6) is 0 Å². The molecule has 0 bridgehead atoms. The van der Waals surface area contributed by atoms with Gasteiger partial charge in [0, 0.05) is 0 Å². The van der Waals surface area contributed by atoms with Crippen LogP contribution in [0.15, 0.2) is 53.1 Å². The fraction of sp³-hybridized carbons (Fsp3) is 0.214. The van der Waals surface area contributed by atoms with Gasteiger partial charge in [-0.2, -0.15) is 26.7 Å². The van der Waals surface area contributed by atoms with Crippen molar-refractivity contribution in [3.8, 4) is 0 Å². The van der Waals surface area contributed by atoms with Gasteiger partial charge in [-0.05, 0) is 24.1 Å². The maximum atomic E-state index is 12.5. The lowest BCUT2D eigenvalue weighted by Crippen LogP contribution is -2.39. The first-order valence-electron chi connectivity index (χ1n) is 6.61. The molecule has 6 nitrogen and oxygen atoms in total. The van der Waals surface area contributed by atoms with E-state index in [-0.39, 0.29) is 17.2 Å². The van der Waals surface area contributed by atoms with Gasteiger partial charge in [-0.3, -0.25) is 4.79 Å². The summed E-state index contributed by atoms with van der Waals surface area (Å²) in [6.45, 7) is -0.418. The highest BCUT2D eigenvalue weighted by atomic mass is 32.2. The summed E-state index contributed by atoms with van der Waals surface area (Å²) in [6.07, 6.45) is 1.21. The van der Waals surface area contributed by atoms with Gasteiger partial charge in [-0.15, -0.1) is 4.28 Å². The number of carbonyl (C=O) groups is 1. The molecule has 0 saturated heterocycles. The molecule has 1 heterocycles. The molecule has 0 aliphatic rings. The van der Waals surface area contributed by atoms with E-state index in [4.69, 9.17) is 4.42 Å². The largest absolute Gasteiger partial charge is 0.525 e. The minimum absolute atomic E-state index is 0.0840. The lowest BCUT2D eigenvalue weighted by molar-refractivity contribution is -0.0858. The van der Waals surface area contributed by atoms with Crippen LogP contribution in [0.25, 0.3) is 0 Å². The number of halogens is 3. The summed E-state index contributed by atoms with van der Waals surface area (Å²) in [4.78, 5) is 12.1. The van der Waals surface area contributed by atoms with Crippen molar-refractivity contribution in [3.63, 3.8) is 0 Å². The SMILES string of the molecule is O=C(c1ccco1)N(CCc1ccccc1)OS(=O)(=O)C(F)(F)F. The Kier molecular flexibility index (Phi) is 5.30. The number of amides is 1. The van der Waals surface area contributed by atoms with E-state index < -0.39 is 28.1 Å². The van der Waals surface area contributed by atoms with Crippen LogP contribution in [-0.4, -0.2) is 31.4 Å². The Morgan fingerprint density at radius 3 is 2.33 bits per heavy atom. The summed E-state index contributed by atoms with van der Waals surface area (Å²) >= 11 is 0. The summed E-state index contributed by atoms with van der Waals surface area (Å²) < 4.78 is 68.6. The number of furan rings is 1. The molecule has 0 aliphatic carbocycles. The second-order valence-corrected chi connectivity index (χ2v) is 6.11. The smallest absolute Gasteiger partial charge is 0.459 e. The van der Waals surface area contributed by atoms with E-state index in [0.29, 0.717) is 5.56 Å². The first-order valence-corrected chi connectivity index (χ1v) is 8.02. The number of hydroxylamine groups is 2. The summed E-state index contributed by atoms with van der Waals surface area (Å²) in [7, 11) is -5.97. The summed E-state index contributed by atoms with van der Waals surface area (Å²) in [5, 5.41) is 0.120. The van der Waals surface area contributed by atoms with E-state index >= 15 is 0 Å². The Morgan fingerprint density at radius 1 is 1.12 bits per heavy atom. The van der Waals surface area contributed by atoms with E-state index in [0.717, 1.165) is 6.26 Å². The standard InChI is InChI=1S/C14H12F3NO5S/c15-14(16,17)24(20,21)23-18(13(19)12-7-4-10-22-12)9-8-11-5-2-1-3-6-11/h1-7,10H,8-9H2. The Hall–Kier alpha value is -2.33. The Morgan fingerprint density at radius 2 is 1.79 bits per heavy atom. The Bertz CT molecular complexity index is 772. The number of alkyl halides is 3. The Labute approximate surface area is 135 Å². The normalized spacial score (nSPS) is 12.1. The molecule has 1 aromatic carbocycles. The van der Waals surface area contributed by atoms with Crippen LogP contribution in [0.3, 0.4) is 0 Å². The number of rotatable bonds is 6. The maximum Gasteiger partial charge on any atom is 0.525 e. The van der Waals surface area contributed by atoms with Gasteiger partial charge in [-0.25, -0.2) is 0 Å². The zero-order chi connectivity index (χ0) is 17.8. The van der Waals surface area contributed by atoms with Crippen molar-refractivity contribution >= 4 is 16.0 Å². The molecule has 2 aromatic rings. The molecule has 0 saturated carbocycles. The number of hydrogen-bond acceptors (Lipinski definition) is 5. The van der Waals surface area contributed by atoms with Gasteiger partial charge in [0.1, 0.15) is 0 Å². The highest BCUT2D eigenvalue weighted by molar-refractivity contribution is 7.87. The van der Waals surface area contributed by atoms with Gasteiger partial charge in [0.05, 0.1) is 12.8 Å². The summed E-state index contributed by atoms with van der Waals surface area (Å²) in [5.74, 6) is -1.48. The van der Waals surface area contributed by atoms with Gasteiger partial charge >= 0.3 is 21.5 Å². The number of nitrogens with zero attached hydrogens (tertiary/aromatic N) is 1. The van der Waals surface area contributed by atoms with Gasteiger partial charge in [-0.1, -0.05) is 30.3 Å². The van der Waals surface area contributed by atoms with E-state index in [1.807, 2.05) is 0 Å². The fourth-order valence-electron chi connectivity index (χ4n) is 1.73. The van der Waals surface area contributed by atoms with Crippen LogP contribution in [-0.2, 0) is 20.8 Å². The molecule has 0 spiro atoms. The fourth-order valence-corrected chi connectivity index (χ4v) is 2.20. The van der Waals surface area contributed by atoms with E-state index in [1.54, 1.807) is 30.3 Å². The van der Waals surface area contributed by atoms with E-state index in [2.05, 4.69) is 4.28 Å². The Balaban J connectivity index is 2.20. The average Bonchev–Trinajstić information content (AvgIpc) is 3.05. The lowest BCUT2D eigenvalue weighted by Gasteiger charge is -2.20. The number of benzene rings is 1. The minimum atomic E-state index is -5.97. The first-order chi connectivity index (χ1) is 11.2. The van der Waals surface area contributed by atoms with Crippen molar-refractivity contribution < 1.29 is 35.1 Å². The van der Waals surface area contributed by atoms with Crippen LogP contribution in [0.4, 0.5) is 13.2 Å². The van der Waals surface area contributed by atoms with Crippen molar-refractivity contribution in [1.82, 2.24) is 5.06 Å². The highest BCUT2D eigenvalue weighted by Gasteiger charge is 2.49. The van der Waals surface area contributed by atoms with Gasteiger partial charge < -0.3 is 4.42 Å². The molecule has 0 radical (unpaired) electrons. The van der Waals surface area contributed by atoms with E-state index in [9.17, 15) is 26.4 Å². The molecule has 0 unspecified atom stereocenters. The average molecular weight is 363 g/mol. The molecular formula is C14H12F3NO5S. The predicted molar refractivity (Wildman–Crippen MR) is 76.0 cm³/mol. The molecule has 24 heavy (non-hydrogen) atoms. The van der Waals surface area contributed by atoms with Gasteiger partial charge in [0.2, 0.25) is 0 Å². The maximum absolute atomic E-state index is 12.5. The van der Waals surface area contributed by atoms with Crippen LogP contribution in [0.2, 0.25) is 0 Å². The minimum Gasteiger partial charge on any atom is -0.459 e. The molecule has 0 fully saturated rings. The molecule has 10 heteroatoms. The van der Waals surface area contributed by atoms with Crippen LogP contribution in [0.1, 0.15) is 16.1 Å². The number of hydrogen-bond donors (Lipinski definition) is 0. The molecule has 2 rings (SSSR count). The lowest BCUT2D eigenvalue weighted by atomic mass is 10.1. The first kappa shape index (κ1) is 18.0. The summed E-state index contributed by atoms with van der Waals surface area (Å²) in [5.41, 5.74) is -4.97. The van der Waals surface area contributed by atoms with Gasteiger partial charge in [0.25, 0.3) is 0 Å². The van der Waals surface area contributed by atoms with Crippen LogP contribution >= 0.6 is 0 Å². The molecular weight excluding hydrogens is 351 g/mol. The molecule has 130 valence electrons. The topological polar surface area (TPSA) is 76.8 Å². The highest BCUT2D eigenvalue weighted by Crippen LogP contribution is 2.26. The van der Waals surface area contributed by atoms with Crippen LogP contribution in [0, 0.1) is 0 Å².